The lowest BCUT2D eigenvalue weighted by molar-refractivity contribution is -0.126. The van der Waals surface area contributed by atoms with Gasteiger partial charge in [-0.1, -0.05) is 19.1 Å². The van der Waals surface area contributed by atoms with Gasteiger partial charge in [0.2, 0.25) is 11.8 Å². The summed E-state index contributed by atoms with van der Waals surface area (Å²) in [5.74, 6) is -0.979. The Morgan fingerprint density at radius 3 is 2.80 bits per heavy atom. The minimum absolute atomic E-state index is 0.223. The molecule has 1 aromatic carbocycles. The lowest BCUT2D eigenvalue weighted by Crippen LogP contribution is -2.44. The van der Waals surface area contributed by atoms with Gasteiger partial charge < -0.3 is 10.6 Å². The van der Waals surface area contributed by atoms with Crippen LogP contribution in [0.1, 0.15) is 25.8 Å². The minimum atomic E-state index is -0.605. The van der Waals surface area contributed by atoms with Crippen LogP contribution in [0.3, 0.4) is 0 Å². The van der Waals surface area contributed by atoms with Gasteiger partial charge in [-0.15, -0.1) is 0 Å². The highest BCUT2D eigenvalue weighted by molar-refractivity contribution is 5.95. The van der Waals surface area contributed by atoms with Crippen molar-refractivity contribution in [1.29, 1.82) is 0 Å². The fraction of sp³-hybridized carbons (Fsp3) is 0.333. The number of benzene rings is 1. The molecule has 0 unspecified atom stereocenters. The molecule has 0 aliphatic rings. The summed E-state index contributed by atoms with van der Waals surface area (Å²) in [6.45, 7) is 4.14. The summed E-state index contributed by atoms with van der Waals surface area (Å²) in [7, 11) is 0. The molecule has 2 amide bonds. The summed E-state index contributed by atoms with van der Waals surface area (Å²) in [5, 5.41) is 5.23. The van der Waals surface area contributed by atoms with Crippen molar-refractivity contribution in [3.63, 3.8) is 0 Å². The molecule has 4 nitrogen and oxygen atoms in total. The molecule has 20 heavy (non-hydrogen) atoms. The van der Waals surface area contributed by atoms with E-state index in [1.165, 1.54) is 24.3 Å². The molecule has 0 saturated carbocycles. The first-order valence-corrected chi connectivity index (χ1v) is 6.54. The van der Waals surface area contributed by atoms with Crippen LogP contribution in [0.25, 0.3) is 6.08 Å². The van der Waals surface area contributed by atoms with Crippen molar-refractivity contribution in [2.45, 2.75) is 26.3 Å². The van der Waals surface area contributed by atoms with E-state index < -0.39 is 11.9 Å². The van der Waals surface area contributed by atoms with Crippen LogP contribution in [0, 0.1) is 5.82 Å². The van der Waals surface area contributed by atoms with Crippen molar-refractivity contribution < 1.29 is 14.0 Å². The third kappa shape index (κ3) is 5.65. The summed E-state index contributed by atoms with van der Waals surface area (Å²) in [5.41, 5.74) is 0.586. The van der Waals surface area contributed by atoms with Crippen molar-refractivity contribution in [3.8, 4) is 0 Å². The SMILES string of the molecule is CCCNC(=O)[C@@H](C)NC(=O)/C=C/c1cccc(F)c1. The molecule has 1 aromatic rings. The molecule has 0 spiro atoms. The second-order valence-electron chi connectivity index (χ2n) is 4.41. The Balaban J connectivity index is 2.49. The zero-order valence-electron chi connectivity index (χ0n) is 11.7. The average molecular weight is 278 g/mol. The predicted molar refractivity (Wildman–Crippen MR) is 76.3 cm³/mol. The lowest BCUT2D eigenvalue weighted by Gasteiger charge is -2.12. The van der Waals surface area contributed by atoms with Crippen LogP contribution in [0.15, 0.2) is 30.3 Å². The van der Waals surface area contributed by atoms with Gasteiger partial charge in [0.25, 0.3) is 0 Å². The normalized spacial score (nSPS) is 12.2. The van der Waals surface area contributed by atoms with Crippen LogP contribution in [0.2, 0.25) is 0 Å². The molecule has 0 aromatic heterocycles. The molecule has 1 atom stereocenters. The fourth-order valence-corrected chi connectivity index (χ4v) is 1.51. The maximum absolute atomic E-state index is 12.9. The summed E-state index contributed by atoms with van der Waals surface area (Å²) in [6, 6.07) is 5.29. The van der Waals surface area contributed by atoms with Crippen LogP contribution in [0.5, 0.6) is 0 Å². The molecule has 0 saturated heterocycles. The number of halogens is 1. The van der Waals surface area contributed by atoms with Crippen LogP contribution in [-0.4, -0.2) is 24.4 Å². The van der Waals surface area contributed by atoms with E-state index in [-0.39, 0.29) is 11.7 Å². The van der Waals surface area contributed by atoms with Crippen molar-refractivity contribution in [1.82, 2.24) is 10.6 Å². The Hall–Kier alpha value is -2.17. The van der Waals surface area contributed by atoms with Crippen molar-refractivity contribution in [2.75, 3.05) is 6.54 Å². The molecule has 108 valence electrons. The highest BCUT2D eigenvalue weighted by atomic mass is 19.1. The monoisotopic (exact) mass is 278 g/mol. The first-order valence-electron chi connectivity index (χ1n) is 6.54. The highest BCUT2D eigenvalue weighted by Gasteiger charge is 2.12. The molecular formula is C15H19FN2O2. The maximum atomic E-state index is 12.9. The minimum Gasteiger partial charge on any atom is -0.354 e. The first kappa shape index (κ1) is 15.9. The summed E-state index contributed by atoms with van der Waals surface area (Å²) in [6.07, 6.45) is 3.61. The largest absolute Gasteiger partial charge is 0.354 e. The molecule has 0 aliphatic carbocycles. The molecule has 1 rings (SSSR count). The number of rotatable bonds is 6. The standard InChI is InChI=1S/C15H19FN2O2/c1-3-9-17-15(20)11(2)18-14(19)8-7-12-5-4-6-13(16)10-12/h4-8,10-11H,3,9H2,1-2H3,(H,17,20)(H,18,19)/b8-7+/t11-/m1/s1. The third-order valence-corrected chi connectivity index (χ3v) is 2.58. The molecule has 0 heterocycles. The van der Waals surface area contributed by atoms with Crippen molar-refractivity contribution in [3.05, 3.63) is 41.7 Å². The Bertz CT molecular complexity index is 500. The number of carbonyl (C=O) groups is 2. The Morgan fingerprint density at radius 1 is 1.40 bits per heavy atom. The topological polar surface area (TPSA) is 58.2 Å². The molecular weight excluding hydrogens is 259 g/mol. The second-order valence-corrected chi connectivity index (χ2v) is 4.41. The van der Waals surface area contributed by atoms with Gasteiger partial charge >= 0.3 is 0 Å². The fourth-order valence-electron chi connectivity index (χ4n) is 1.51. The van der Waals surface area contributed by atoms with Gasteiger partial charge in [0.05, 0.1) is 0 Å². The van der Waals surface area contributed by atoms with E-state index in [2.05, 4.69) is 10.6 Å². The quantitative estimate of drug-likeness (QED) is 0.780. The van der Waals surface area contributed by atoms with Gasteiger partial charge in [0, 0.05) is 12.6 Å². The van der Waals surface area contributed by atoms with Gasteiger partial charge in [-0.05, 0) is 37.1 Å². The van der Waals surface area contributed by atoms with E-state index in [0.717, 1.165) is 6.42 Å². The Labute approximate surface area is 118 Å². The smallest absolute Gasteiger partial charge is 0.244 e. The van der Waals surface area contributed by atoms with E-state index in [0.29, 0.717) is 12.1 Å². The van der Waals surface area contributed by atoms with E-state index in [1.54, 1.807) is 19.1 Å². The van der Waals surface area contributed by atoms with E-state index in [1.807, 2.05) is 6.92 Å². The van der Waals surface area contributed by atoms with Crippen molar-refractivity contribution in [2.24, 2.45) is 0 Å². The van der Waals surface area contributed by atoms with Gasteiger partial charge in [-0.3, -0.25) is 9.59 Å². The van der Waals surface area contributed by atoms with Crippen molar-refractivity contribution >= 4 is 17.9 Å². The molecule has 0 bridgehead atoms. The summed E-state index contributed by atoms with van der Waals surface area (Å²) >= 11 is 0. The van der Waals surface area contributed by atoms with Gasteiger partial charge in [0.15, 0.2) is 0 Å². The van der Waals surface area contributed by atoms with Gasteiger partial charge in [-0.2, -0.15) is 0 Å². The lowest BCUT2D eigenvalue weighted by atomic mass is 10.2. The average Bonchev–Trinajstić information content (AvgIpc) is 2.42. The Morgan fingerprint density at radius 2 is 2.15 bits per heavy atom. The predicted octanol–water partition coefficient (Wildman–Crippen LogP) is 1.87. The number of amides is 2. The van der Waals surface area contributed by atoms with Crippen LogP contribution in [0.4, 0.5) is 4.39 Å². The molecule has 0 radical (unpaired) electrons. The number of hydrogen-bond acceptors (Lipinski definition) is 2. The molecule has 5 heteroatoms. The van der Waals surface area contributed by atoms with E-state index in [4.69, 9.17) is 0 Å². The molecule has 0 aliphatic heterocycles. The molecule has 0 fully saturated rings. The van der Waals surface area contributed by atoms with Crippen LogP contribution >= 0.6 is 0 Å². The maximum Gasteiger partial charge on any atom is 0.244 e. The second kappa shape index (κ2) is 8.09. The molecule has 2 N–H and O–H groups in total. The third-order valence-electron chi connectivity index (χ3n) is 2.58. The van der Waals surface area contributed by atoms with E-state index in [9.17, 15) is 14.0 Å². The van der Waals surface area contributed by atoms with Gasteiger partial charge in [-0.25, -0.2) is 4.39 Å². The number of hydrogen-bond donors (Lipinski definition) is 2. The van der Waals surface area contributed by atoms with Crippen LogP contribution in [-0.2, 0) is 9.59 Å². The number of carbonyl (C=O) groups excluding carboxylic acids is 2. The summed E-state index contributed by atoms with van der Waals surface area (Å²) < 4.78 is 12.9. The zero-order valence-corrected chi connectivity index (χ0v) is 11.7. The van der Waals surface area contributed by atoms with E-state index >= 15 is 0 Å². The summed E-state index contributed by atoms with van der Waals surface area (Å²) in [4.78, 5) is 23.2. The zero-order chi connectivity index (χ0) is 15.0. The highest BCUT2D eigenvalue weighted by Crippen LogP contribution is 2.05. The first-order chi connectivity index (χ1) is 9.52. The van der Waals surface area contributed by atoms with Gasteiger partial charge in [0.1, 0.15) is 11.9 Å². The Kier molecular flexibility index (Phi) is 6.43. The number of nitrogens with one attached hydrogen (secondary N) is 2. The van der Waals surface area contributed by atoms with Crippen LogP contribution < -0.4 is 10.6 Å².